The van der Waals surface area contributed by atoms with E-state index in [0.717, 1.165) is 16.1 Å². The highest BCUT2D eigenvalue weighted by molar-refractivity contribution is 9.10. The van der Waals surface area contributed by atoms with Gasteiger partial charge in [0.15, 0.2) is 0 Å². The fraction of sp³-hybridized carbons (Fsp3) is 0.143. The molecule has 2 aromatic carbocycles. The van der Waals surface area contributed by atoms with Crippen LogP contribution in [0, 0.1) is 5.82 Å². The molecular formula is C14H14BrFN2O2S. The molecule has 0 bridgehead atoms. The quantitative estimate of drug-likeness (QED) is 0.806. The number of aryl methyl sites for hydroxylation is 1. The maximum absolute atomic E-state index is 13.4. The Morgan fingerprint density at radius 1 is 1.24 bits per heavy atom. The zero-order chi connectivity index (χ0) is 15.6. The van der Waals surface area contributed by atoms with Crippen molar-refractivity contribution in [3.8, 4) is 0 Å². The first-order valence-electron chi connectivity index (χ1n) is 6.19. The number of benzene rings is 2. The Bertz CT molecular complexity index is 779. The molecule has 0 radical (unpaired) electrons. The van der Waals surface area contributed by atoms with Crippen LogP contribution in [0.15, 0.2) is 45.8 Å². The van der Waals surface area contributed by atoms with Crippen LogP contribution < -0.4 is 10.5 Å². The fourth-order valence-corrected chi connectivity index (χ4v) is 3.35. The molecule has 0 unspecified atom stereocenters. The number of nitrogen functional groups attached to an aromatic ring is 1. The van der Waals surface area contributed by atoms with Crippen LogP contribution in [0.2, 0.25) is 0 Å². The predicted molar refractivity (Wildman–Crippen MR) is 85.1 cm³/mol. The van der Waals surface area contributed by atoms with Gasteiger partial charge in [0.1, 0.15) is 5.82 Å². The van der Waals surface area contributed by atoms with Gasteiger partial charge in [-0.1, -0.05) is 22.9 Å². The standard InChI is InChI=1S/C14H14BrFN2O2S/c1-2-9-7-10(15)3-6-14(9)18-21(19,20)11-4-5-13(17)12(16)8-11/h3-8,18H,2,17H2,1H3. The summed E-state index contributed by atoms with van der Waals surface area (Å²) in [6, 6.07) is 8.63. The molecule has 0 saturated carbocycles. The first kappa shape index (κ1) is 15.8. The van der Waals surface area contributed by atoms with Crippen LogP contribution in [-0.2, 0) is 16.4 Å². The van der Waals surface area contributed by atoms with Gasteiger partial charge in [-0.25, -0.2) is 12.8 Å². The van der Waals surface area contributed by atoms with E-state index in [1.165, 1.54) is 12.1 Å². The van der Waals surface area contributed by atoms with Gasteiger partial charge in [-0.3, -0.25) is 4.72 Å². The number of halogens is 2. The summed E-state index contributed by atoms with van der Waals surface area (Å²) in [5.74, 6) is -0.760. The summed E-state index contributed by atoms with van der Waals surface area (Å²) in [5, 5.41) is 0. The number of anilines is 2. The summed E-state index contributed by atoms with van der Waals surface area (Å²) in [5.41, 5.74) is 6.57. The molecule has 4 nitrogen and oxygen atoms in total. The van der Waals surface area contributed by atoms with Crippen molar-refractivity contribution in [2.45, 2.75) is 18.2 Å². The van der Waals surface area contributed by atoms with Crippen molar-refractivity contribution in [2.75, 3.05) is 10.5 Å². The molecular weight excluding hydrogens is 359 g/mol. The first-order valence-corrected chi connectivity index (χ1v) is 8.47. The Morgan fingerprint density at radius 3 is 2.57 bits per heavy atom. The highest BCUT2D eigenvalue weighted by Crippen LogP contribution is 2.25. The highest BCUT2D eigenvalue weighted by atomic mass is 79.9. The summed E-state index contributed by atoms with van der Waals surface area (Å²) in [4.78, 5) is -0.167. The summed E-state index contributed by atoms with van der Waals surface area (Å²) in [6.45, 7) is 1.92. The molecule has 112 valence electrons. The van der Waals surface area contributed by atoms with Gasteiger partial charge in [-0.15, -0.1) is 0 Å². The smallest absolute Gasteiger partial charge is 0.262 e. The molecule has 0 fully saturated rings. The average molecular weight is 373 g/mol. The lowest BCUT2D eigenvalue weighted by Gasteiger charge is -2.12. The molecule has 0 atom stereocenters. The Kier molecular flexibility index (Phi) is 4.53. The molecule has 0 aliphatic rings. The van der Waals surface area contributed by atoms with E-state index in [2.05, 4.69) is 20.7 Å². The Hall–Kier alpha value is -1.60. The van der Waals surface area contributed by atoms with Crippen molar-refractivity contribution < 1.29 is 12.8 Å². The van der Waals surface area contributed by atoms with Crippen LogP contribution in [-0.4, -0.2) is 8.42 Å². The van der Waals surface area contributed by atoms with Crippen LogP contribution >= 0.6 is 15.9 Å². The zero-order valence-corrected chi connectivity index (χ0v) is 13.6. The molecule has 2 rings (SSSR count). The maximum Gasteiger partial charge on any atom is 0.262 e. The van der Waals surface area contributed by atoms with Crippen LogP contribution in [0.3, 0.4) is 0 Å². The van der Waals surface area contributed by atoms with Gasteiger partial charge in [0, 0.05) is 4.47 Å². The minimum atomic E-state index is -3.86. The van der Waals surface area contributed by atoms with Crippen molar-refractivity contribution in [1.82, 2.24) is 0 Å². The molecule has 7 heteroatoms. The van der Waals surface area contributed by atoms with Gasteiger partial charge in [-0.05, 0) is 48.4 Å². The SMILES string of the molecule is CCc1cc(Br)ccc1NS(=O)(=O)c1ccc(N)c(F)c1. The van der Waals surface area contributed by atoms with E-state index in [0.29, 0.717) is 12.1 Å². The molecule has 0 aliphatic heterocycles. The predicted octanol–water partition coefficient (Wildman–Crippen LogP) is 3.53. The lowest BCUT2D eigenvalue weighted by molar-refractivity contribution is 0.596. The molecule has 0 amide bonds. The molecule has 0 saturated heterocycles. The van der Waals surface area contributed by atoms with Gasteiger partial charge in [0.05, 0.1) is 16.3 Å². The zero-order valence-electron chi connectivity index (χ0n) is 11.2. The van der Waals surface area contributed by atoms with Crippen molar-refractivity contribution in [2.24, 2.45) is 0 Å². The third kappa shape index (κ3) is 3.54. The van der Waals surface area contributed by atoms with E-state index >= 15 is 0 Å². The van der Waals surface area contributed by atoms with Gasteiger partial charge >= 0.3 is 0 Å². The molecule has 3 N–H and O–H groups in total. The van der Waals surface area contributed by atoms with E-state index in [-0.39, 0.29) is 10.6 Å². The van der Waals surface area contributed by atoms with Crippen LogP contribution in [0.4, 0.5) is 15.8 Å². The lowest BCUT2D eigenvalue weighted by atomic mass is 10.1. The summed E-state index contributed by atoms with van der Waals surface area (Å²) >= 11 is 3.34. The minimum absolute atomic E-state index is 0.0909. The molecule has 21 heavy (non-hydrogen) atoms. The van der Waals surface area contributed by atoms with E-state index in [9.17, 15) is 12.8 Å². The second-order valence-electron chi connectivity index (χ2n) is 4.44. The Morgan fingerprint density at radius 2 is 1.95 bits per heavy atom. The molecule has 2 aromatic rings. The number of hydrogen-bond donors (Lipinski definition) is 2. The summed E-state index contributed by atoms with van der Waals surface area (Å²) in [6.07, 6.45) is 0.660. The molecule has 0 aliphatic carbocycles. The van der Waals surface area contributed by atoms with Crippen molar-refractivity contribution >= 4 is 37.3 Å². The minimum Gasteiger partial charge on any atom is -0.396 e. The van der Waals surface area contributed by atoms with E-state index in [1.54, 1.807) is 12.1 Å². The number of hydrogen-bond acceptors (Lipinski definition) is 3. The van der Waals surface area contributed by atoms with Crippen molar-refractivity contribution in [3.63, 3.8) is 0 Å². The van der Waals surface area contributed by atoms with E-state index < -0.39 is 15.8 Å². The first-order chi connectivity index (χ1) is 9.83. The summed E-state index contributed by atoms with van der Waals surface area (Å²) in [7, 11) is -3.86. The number of nitrogens with two attached hydrogens (primary N) is 1. The Balaban J connectivity index is 2.39. The Labute approximate surface area is 131 Å². The maximum atomic E-state index is 13.4. The topological polar surface area (TPSA) is 72.2 Å². The van der Waals surface area contributed by atoms with Crippen molar-refractivity contribution in [1.29, 1.82) is 0 Å². The van der Waals surface area contributed by atoms with Crippen LogP contribution in [0.1, 0.15) is 12.5 Å². The van der Waals surface area contributed by atoms with E-state index in [4.69, 9.17) is 5.73 Å². The third-order valence-corrected chi connectivity index (χ3v) is 4.83. The fourth-order valence-electron chi connectivity index (χ4n) is 1.83. The van der Waals surface area contributed by atoms with Gasteiger partial charge in [0.2, 0.25) is 0 Å². The van der Waals surface area contributed by atoms with Crippen LogP contribution in [0.25, 0.3) is 0 Å². The van der Waals surface area contributed by atoms with Gasteiger partial charge in [0.25, 0.3) is 10.0 Å². The number of sulfonamides is 1. The third-order valence-electron chi connectivity index (χ3n) is 2.97. The summed E-state index contributed by atoms with van der Waals surface area (Å²) < 4.78 is 41.3. The monoisotopic (exact) mass is 372 g/mol. The average Bonchev–Trinajstić information content (AvgIpc) is 2.43. The van der Waals surface area contributed by atoms with Gasteiger partial charge < -0.3 is 5.73 Å². The second-order valence-corrected chi connectivity index (χ2v) is 7.04. The molecule has 0 aromatic heterocycles. The molecule has 0 spiro atoms. The number of nitrogens with one attached hydrogen (secondary N) is 1. The normalized spacial score (nSPS) is 11.4. The largest absolute Gasteiger partial charge is 0.396 e. The van der Waals surface area contributed by atoms with E-state index in [1.807, 2.05) is 13.0 Å². The van der Waals surface area contributed by atoms with Crippen LogP contribution in [0.5, 0.6) is 0 Å². The second kappa shape index (κ2) is 6.03. The number of rotatable bonds is 4. The highest BCUT2D eigenvalue weighted by Gasteiger charge is 2.17. The van der Waals surface area contributed by atoms with Gasteiger partial charge in [-0.2, -0.15) is 0 Å². The lowest BCUT2D eigenvalue weighted by Crippen LogP contribution is -2.14. The van der Waals surface area contributed by atoms with Crippen molar-refractivity contribution in [3.05, 3.63) is 52.3 Å². The molecule has 0 heterocycles.